The van der Waals surface area contributed by atoms with Gasteiger partial charge in [-0.25, -0.2) is 4.79 Å². The van der Waals surface area contributed by atoms with E-state index in [1.807, 2.05) is 0 Å². The van der Waals surface area contributed by atoms with Crippen molar-refractivity contribution in [2.75, 3.05) is 11.9 Å². The van der Waals surface area contributed by atoms with Gasteiger partial charge in [0.25, 0.3) is 11.6 Å². The summed E-state index contributed by atoms with van der Waals surface area (Å²) in [6.45, 7) is 4.10. The third-order valence-electron chi connectivity index (χ3n) is 5.21. The molecule has 0 atom stereocenters. The number of nitro groups is 1. The van der Waals surface area contributed by atoms with Crippen LogP contribution in [0.4, 0.5) is 11.4 Å². The van der Waals surface area contributed by atoms with Crippen molar-refractivity contribution in [3.8, 4) is 0 Å². The summed E-state index contributed by atoms with van der Waals surface area (Å²) in [7, 11) is 0. The Morgan fingerprint density at radius 2 is 1.77 bits per heavy atom. The number of H-pyrrole nitrogens is 1. The van der Waals surface area contributed by atoms with Crippen molar-refractivity contribution in [3.05, 3.63) is 91.2 Å². The number of aromatic amines is 1. The minimum atomic E-state index is -0.864. The largest absolute Gasteiger partial charge is 0.454 e. The molecule has 2 aromatic carbocycles. The topological polar surface area (TPSA) is 148 Å². The van der Waals surface area contributed by atoms with Crippen LogP contribution in [0.5, 0.6) is 0 Å². The first-order valence-corrected chi connectivity index (χ1v) is 10.6. The highest BCUT2D eigenvalue weighted by Crippen LogP contribution is 2.25. The van der Waals surface area contributed by atoms with Crippen molar-refractivity contribution in [1.29, 1.82) is 0 Å². The number of para-hydroxylation sites is 1. The number of nitro benzene ring substituents is 1. The fraction of sp³-hybridized carbons (Fsp3) is 0.167. The van der Waals surface area contributed by atoms with Crippen LogP contribution in [0.2, 0.25) is 5.02 Å². The Kier molecular flexibility index (Phi) is 7.46. The van der Waals surface area contributed by atoms with Gasteiger partial charge in [-0.05, 0) is 44.5 Å². The first-order chi connectivity index (χ1) is 16.5. The van der Waals surface area contributed by atoms with Crippen molar-refractivity contribution in [1.82, 2.24) is 4.98 Å². The van der Waals surface area contributed by atoms with Crippen molar-refractivity contribution < 1.29 is 28.8 Å². The number of nitrogens with one attached hydrogen (secondary N) is 2. The lowest BCUT2D eigenvalue weighted by atomic mass is 10.1. The molecule has 2 N–H and O–H groups in total. The molecular weight excluding hydrogens is 478 g/mol. The molecule has 1 heterocycles. The summed E-state index contributed by atoms with van der Waals surface area (Å²) in [6.07, 6.45) is 0. The lowest BCUT2D eigenvalue weighted by Crippen LogP contribution is -2.19. The van der Waals surface area contributed by atoms with Crippen molar-refractivity contribution in [2.24, 2.45) is 0 Å². The molecule has 11 heteroatoms. The molecule has 0 unspecified atom stereocenters. The van der Waals surface area contributed by atoms with Crippen LogP contribution in [0.3, 0.4) is 0 Å². The fourth-order valence-electron chi connectivity index (χ4n) is 3.60. The van der Waals surface area contributed by atoms with Crippen molar-refractivity contribution in [2.45, 2.75) is 20.8 Å². The molecule has 0 fully saturated rings. The summed E-state index contributed by atoms with van der Waals surface area (Å²) in [5, 5.41) is 13.3. The van der Waals surface area contributed by atoms with Gasteiger partial charge in [-0.2, -0.15) is 0 Å². The molecule has 0 radical (unpaired) electrons. The van der Waals surface area contributed by atoms with E-state index in [-0.39, 0.29) is 39.0 Å². The minimum Gasteiger partial charge on any atom is -0.454 e. The maximum Gasteiger partial charge on any atom is 0.340 e. The Morgan fingerprint density at radius 3 is 2.37 bits per heavy atom. The first kappa shape index (κ1) is 25.3. The molecule has 0 spiro atoms. The highest BCUT2D eigenvalue weighted by Gasteiger charge is 2.22. The molecule has 0 bridgehead atoms. The molecule has 0 saturated carbocycles. The van der Waals surface area contributed by atoms with Crippen LogP contribution in [0.1, 0.15) is 59.7 Å². The van der Waals surface area contributed by atoms with Crippen LogP contribution in [-0.4, -0.2) is 40.0 Å². The number of anilines is 1. The number of hydrogen-bond acceptors (Lipinski definition) is 7. The Labute approximate surface area is 204 Å². The summed E-state index contributed by atoms with van der Waals surface area (Å²) in [5.41, 5.74) is 1.38. The van der Waals surface area contributed by atoms with E-state index in [0.717, 1.165) is 12.1 Å². The van der Waals surface area contributed by atoms with Crippen LogP contribution in [0.15, 0.2) is 42.5 Å². The van der Waals surface area contributed by atoms with Crippen LogP contribution >= 0.6 is 11.6 Å². The summed E-state index contributed by atoms with van der Waals surface area (Å²) >= 11 is 6.01. The second-order valence-electron chi connectivity index (χ2n) is 7.60. The molecular formula is C24H20ClN3O7. The van der Waals surface area contributed by atoms with E-state index in [0.29, 0.717) is 16.8 Å². The predicted octanol–water partition coefficient (Wildman–Crippen LogP) is 4.69. The second kappa shape index (κ2) is 10.3. The highest BCUT2D eigenvalue weighted by atomic mass is 35.5. The molecule has 10 nitrogen and oxygen atoms in total. The molecule has 3 aromatic rings. The smallest absolute Gasteiger partial charge is 0.340 e. The van der Waals surface area contributed by atoms with Crippen molar-refractivity contribution >= 4 is 46.4 Å². The van der Waals surface area contributed by atoms with E-state index in [1.54, 1.807) is 26.0 Å². The number of carbonyl (C=O) groups is 4. The van der Waals surface area contributed by atoms with E-state index in [9.17, 15) is 29.3 Å². The zero-order chi connectivity index (χ0) is 25.9. The normalized spacial score (nSPS) is 10.5. The minimum absolute atomic E-state index is 0.0181. The molecule has 180 valence electrons. The van der Waals surface area contributed by atoms with Gasteiger partial charge >= 0.3 is 5.97 Å². The molecule has 35 heavy (non-hydrogen) atoms. The van der Waals surface area contributed by atoms with Crippen molar-refractivity contribution in [3.63, 3.8) is 0 Å². The van der Waals surface area contributed by atoms with Gasteiger partial charge in [0.1, 0.15) is 0 Å². The maximum absolute atomic E-state index is 12.7. The standard InChI is InChI=1S/C24H20ClN3O7/c1-12-21(14(3)29)13(2)26-22(12)20(30)11-35-24(32)17-6-4-5-7-19(17)27-23(31)16-9-8-15(28(33)34)10-18(16)25/h4-10,26H,11H2,1-3H3,(H,27,31). The molecule has 0 aliphatic heterocycles. The predicted molar refractivity (Wildman–Crippen MR) is 127 cm³/mol. The van der Waals surface area contributed by atoms with Gasteiger partial charge in [0.15, 0.2) is 12.4 Å². The van der Waals surface area contributed by atoms with E-state index >= 15 is 0 Å². The average Bonchev–Trinajstić information content (AvgIpc) is 3.11. The summed E-state index contributed by atoms with van der Waals surface area (Å²) < 4.78 is 5.16. The van der Waals surface area contributed by atoms with Crippen LogP contribution in [0, 0.1) is 24.0 Å². The second-order valence-corrected chi connectivity index (χ2v) is 8.01. The van der Waals surface area contributed by atoms with Gasteiger partial charge in [0.05, 0.1) is 32.5 Å². The zero-order valence-electron chi connectivity index (χ0n) is 18.9. The number of non-ortho nitro benzene ring substituents is 1. The number of halogens is 1. The number of amides is 1. The van der Waals surface area contributed by atoms with Crippen LogP contribution in [-0.2, 0) is 4.74 Å². The third kappa shape index (κ3) is 5.44. The molecule has 3 rings (SSSR count). The van der Waals surface area contributed by atoms with Gasteiger partial charge in [-0.15, -0.1) is 0 Å². The van der Waals surface area contributed by atoms with E-state index in [1.165, 1.54) is 25.1 Å². The lowest BCUT2D eigenvalue weighted by molar-refractivity contribution is -0.384. The number of hydrogen-bond donors (Lipinski definition) is 2. The Bertz CT molecular complexity index is 1380. The highest BCUT2D eigenvalue weighted by molar-refractivity contribution is 6.34. The molecule has 0 saturated heterocycles. The zero-order valence-corrected chi connectivity index (χ0v) is 19.7. The van der Waals surface area contributed by atoms with Gasteiger partial charge in [-0.3, -0.25) is 24.5 Å². The van der Waals surface area contributed by atoms with Crippen LogP contribution in [0.25, 0.3) is 0 Å². The van der Waals surface area contributed by atoms with E-state index in [4.69, 9.17) is 16.3 Å². The average molecular weight is 498 g/mol. The molecule has 0 aliphatic rings. The summed E-state index contributed by atoms with van der Waals surface area (Å²) in [4.78, 5) is 62.8. The Balaban J connectivity index is 1.74. The Morgan fingerprint density at radius 1 is 1.09 bits per heavy atom. The number of rotatable bonds is 8. The van der Waals surface area contributed by atoms with E-state index in [2.05, 4.69) is 10.3 Å². The number of nitrogens with zero attached hydrogens (tertiary/aromatic N) is 1. The third-order valence-corrected chi connectivity index (χ3v) is 5.52. The number of carbonyl (C=O) groups excluding carboxylic acids is 4. The van der Waals surface area contributed by atoms with Gasteiger partial charge in [-0.1, -0.05) is 23.7 Å². The number of aryl methyl sites for hydroxylation is 1. The summed E-state index contributed by atoms with van der Waals surface area (Å²) in [6, 6.07) is 9.35. The number of benzene rings is 2. The Hall–Kier alpha value is -4.31. The summed E-state index contributed by atoms with van der Waals surface area (Å²) in [5.74, 6) is -2.28. The fourth-order valence-corrected chi connectivity index (χ4v) is 3.86. The number of esters is 1. The monoisotopic (exact) mass is 497 g/mol. The van der Waals surface area contributed by atoms with Gasteiger partial charge in [0, 0.05) is 23.4 Å². The number of aromatic nitrogens is 1. The number of ether oxygens (including phenoxy) is 1. The first-order valence-electron chi connectivity index (χ1n) is 10.3. The maximum atomic E-state index is 12.7. The van der Waals surface area contributed by atoms with E-state index < -0.39 is 29.2 Å². The molecule has 0 aliphatic carbocycles. The van der Waals surface area contributed by atoms with Gasteiger partial charge in [0.2, 0.25) is 5.78 Å². The van der Waals surface area contributed by atoms with Gasteiger partial charge < -0.3 is 15.0 Å². The molecule has 1 aromatic heterocycles. The quantitative estimate of drug-likeness (QED) is 0.198. The number of Topliss-reactive ketones (excluding diaryl/α,β-unsaturated/α-hetero) is 2. The van der Waals surface area contributed by atoms with Crippen LogP contribution < -0.4 is 5.32 Å². The number of ketones is 2. The molecule has 1 amide bonds. The SMILES string of the molecule is CC(=O)c1c(C)[nH]c(C(=O)COC(=O)c2ccccc2NC(=O)c2ccc([N+](=O)[O-])cc2Cl)c1C. The lowest BCUT2D eigenvalue weighted by Gasteiger charge is -2.11.